The van der Waals surface area contributed by atoms with E-state index in [-0.39, 0.29) is 30.3 Å². The molecular formula is C21H30N2O3S. The lowest BCUT2D eigenvalue weighted by Crippen LogP contribution is -2.47. The van der Waals surface area contributed by atoms with Gasteiger partial charge in [0, 0.05) is 25.6 Å². The van der Waals surface area contributed by atoms with Crippen LogP contribution in [0.15, 0.2) is 54.0 Å². The first-order valence-electron chi connectivity index (χ1n) is 8.96. The summed E-state index contributed by atoms with van der Waals surface area (Å²) in [7, 11) is -3.82. The van der Waals surface area contributed by atoms with Gasteiger partial charge in [-0.3, -0.25) is 0 Å². The van der Waals surface area contributed by atoms with Crippen molar-refractivity contribution >= 4 is 10.0 Å². The van der Waals surface area contributed by atoms with Crippen molar-refractivity contribution in [2.45, 2.75) is 38.8 Å². The summed E-state index contributed by atoms with van der Waals surface area (Å²) < 4.78 is 27.2. The second-order valence-corrected chi connectivity index (χ2v) is 8.79. The highest BCUT2D eigenvalue weighted by Crippen LogP contribution is 2.18. The van der Waals surface area contributed by atoms with E-state index in [0.29, 0.717) is 6.42 Å². The highest BCUT2D eigenvalue weighted by molar-refractivity contribution is 7.93. The molecule has 0 aliphatic rings. The molecule has 0 unspecified atom stereocenters. The van der Waals surface area contributed by atoms with Gasteiger partial charge in [-0.1, -0.05) is 56.8 Å². The maximum absolute atomic E-state index is 13.0. The topological polar surface area (TPSA) is 83.6 Å². The molecule has 2 atom stereocenters. The van der Waals surface area contributed by atoms with Crippen molar-refractivity contribution in [3.05, 3.63) is 59.5 Å². The number of hydrogen-bond donors (Lipinski definition) is 2. The van der Waals surface area contributed by atoms with Gasteiger partial charge in [0.15, 0.2) is 0 Å². The highest BCUT2D eigenvalue weighted by Gasteiger charge is 2.29. The zero-order valence-corrected chi connectivity index (χ0v) is 16.9. The fraction of sp³-hybridized carbons (Fsp3) is 0.429. The Labute approximate surface area is 163 Å². The number of hydrogen-bond acceptors (Lipinski definition) is 4. The molecule has 0 amide bonds. The summed E-state index contributed by atoms with van der Waals surface area (Å²) >= 11 is 0. The second-order valence-electron chi connectivity index (χ2n) is 6.86. The minimum atomic E-state index is -3.82. The quantitative estimate of drug-likeness (QED) is 0.449. The zero-order chi connectivity index (χ0) is 20.4. The maximum atomic E-state index is 13.0. The van der Waals surface area contributed by atoms with Gasteiger partial charge in [-0.15, -0.1) is 12.3 Å². The molecule has 1 rings (SSSR count). The van der Waals surface area contributed by atoms with Crippen LogP contribution in [-0.2, 0) is 16.4 Å². The number of aliphatic hydroxyl groups is 1. The summed E-state index contributed by atoms with van der Waals surface area (Å²) in [6.07, 6.45) is 7.60. The lowest BCUT2D eigenvalue weighted by molar-refractivity contribution is 0.116. The van der Waals surface area contributed by atoms with Gasteiger partial charge >= 0.3 is 0 Å². The minimum absolute atomic E-state index is 0.0462. The van der Waals surface area contributed by atoms with Crippen molar-refractivity contribution in [3.8, 4) is 12.3 Å². The van der Waals surface area contributed by atoms with Gasteiger partial charge in [-0.2, -0.15) is 4.31 Å². The molecule has 0 saturated heterocycles. The Hall–Kier alpha value is -1.91. The van der Waals surface area contributed by atoms with E-state index in [1.54, 1.807) is 0 Å². The number of sulfonamides is 1. The predicted octanol–water partition coefficient (Wildman–Crippen LogP) is 2.30. The van der Waals surface area contributed by atoms with Crippen LogP contribution >= 0.6 is 0 Å². The van der Waals surface area contributed by atoms with E-state index in [1.165, 1.54) is 16.5 Å². The average molecular weight is 391 g/mol. The standard InChI is InChI=1S/C21H30N2O3S/c1-5-7-13-19(6-2)27(25,26)23(15-17(3)4)16-21(24)20(22)14-18-11-9-8-10-12-18/h1,6,8-13,17,20-21,24H,2,7,14-16,22H2,3-4H3/b19-13+/t20-,21+/m0/s1. The normalized spacial score (nSPS) is 14.8. The van der Waals surface area contributed by atoms with Crippen LogP contribution in [0.3, 0.4) is 0 Å². The Kier molecular flexibility index (Phi) is 9.47. The number of allylic oxidation sites excluding steroid dienone is 2. The van der Waals surface area contributed by atoms with Crippen molar-refractivity contribution in [2.24, 2.45) is 11.7 Å². The number of nitrogens with zero attached hydrogens (tertiary/aromatic N) is 1. The van der Waals surface area contributed by atoms with E-state index < -0.39 is 22.2 Å². The van der Waals surface area contributed by atoms with E-state index in [0.717, 1.165) is 5.56 Å². The molecule has 0 heterocycles. The van der Waals surface area contributed by atoms with Gasteiger partial charge in [0.05, 0.1) is 11.0 Å². The predicted molar refractivity (Wildman–Crippen MR) is 111 cm³/mol. The third kappa shape index (κ3) is 7.31. The Morgan fingerprint density at radius 2 is 1.96 bits per heavy atom. The Morgan fingerprint density at radius 3 is 2.48 bits per heavy atom. The molecule has 27 heavy (non-hydrogen) atoms. The highest BCUT2D eigenvalue weighted by atomic mass is 32.2. The summed E-state index contributed by atoms with van der Waals surface area (Å²) in [5.74, 6) is 2.47. The average Bonchev–Trinajstić information content (AvgIpc) is 2.62. The van der Waals surface area contributed by atoms with Crippen molar-refractivity contribution in [2.75, 3.05) is 13.1 Å². The van der Waals surface area contributed by atoms with Crippen LogP contribution in [0.1, 0.15) is 25.8 Å². The van der Waals surface area contributed by atoms with Crippen LogP contribution in [0.2, 0.25) is 0 Å². The molecule has 0 spiro atoms. The monoisotopic (exact) mass is 390 g/mol. The first kappa shape index (κ1) is 23.1. The van der Waals surface area contributed by atoms with E-state index in [4.69, 9.17) is 12.2 Å². The molecule has 5 nitrogen and oxygen atoms in total. The summed E-state index contributed by atoms with van der Waals surface area (Å²) in [6.45, 7) is 7.59. The summed E-state index contributed by atoms with van der Waals surface area (Å²) in [6, 6.07) is 8.97. The van der Waals surface area contributed by atoms with Crippen LogP contribution in [0, 0.1) is 18.3 Å². The van der Waals surface area contributed by atoms with Crippen molar-refractivity contribution in [1.29, 1.82) is 0 Å². The molecule has 1 aromatic carbocycles. The SMILES string of the molecule is C#CC/C=C(\C=C)S(=O)(=O)N(CC(C)C)C[C@@H](O)[C@@H](N)Cc1ccccc1. The van der Waals surface area contributed by atoms with E-state index >= 15 is 0 Å². The Morgan fingerprint density at radius 1 is 1.33 bits per heavy atom. The molecule has 148 valence electrons. The van der Waals surface area contributed by atoms with Crippen LogP contribution in [0.4, 0.5) is 0 Å². The van der Waals surface area contributed by atoms with Crippen LogP contribution in [0.5, 0.6) is 0 Å². The molecule has 0 radical (unpaired) electrons. The number of aliphatic hydroxyl groups excluding tert-OH is 1. The molecule has 0 aliphatic heterocycles. The molecule has 0 aliphatic carbocycles. The van der Waals surface area contributed by atoms with Gasteiger partial charge in [-0.05, 0) is 24.0 Å². The smallest absolute Gasteiger partial charge is 0.242 e. The molecule has 0 fully saturated rings. The number of benzene rings is 1. The Balaban J connectivity index is 2.99. The van der Waals surface area contributed by atoms with Crippen molar-refractivity contribution in [3.63, 3.8) is 0 Å². The van der Waals surface area contributed by atoms with Gasteiger partial charge < -0.3 is 10.8 Å². The zero-order valence-electron chi connectivity index (χ0n) is 16.1. The van der Waals surface area contributed by atoms with Crippen molar-refractivity contribution in [1.82, 2.24) is 4.31 Å². The maximum Gasteiger partial charge on any atom is 0.242 e. The molecule has 0 aromatic heterocycles. The minimum Gasteiger partial charge on any atom is -0.390 e. The number of terminal acetylenes is 1. The van der Waals surface area contributed by atoms with Gasteiger partial charge in [0.1, 0.15) is 0 Å². The molecule has 3 N–H and O–H groups in total. The number of nitrogens with two attached hydrogens (primary N) is 1. The van der Waals surface area contributed by atoms with E-state index in [9.17, 15) is 13.5 Å². The summed E-state index contributed by atoms with van der Waals surface area (Å²) in [5.41, 5.74) is 7.12. The van der Waals surface area contributed by atoms with Crippen LogP contribution in [-0.4, -0.2) is 43.1 Å². The molecule has 0 saturated carbocycles. The Bertz CT molecular complexity index is 764. The molecule has 1 aromatic rings. The fourth-order valence-electron chi connectivity index (χ4n) is 2.65. The molecular weight excluding hydrogens is 360 g/mol. The molecule has 6 heteroatoms. The largest absolute Gasteiger partial charge is 0.390 e. The lowest BCUT2D eigenvalue weighted by atomic mass is 10.0. The first-order chi connectivity index (χ1) is 12.7. The van der Waals surface area contributed by atoms with Gasteiger partial charge in [0.2, 0.25) is 10.0 Å². The van der Waals surface area contributed by atoms with Crippen LogP contribution < -0.4 is 5.73 Å². The summed E-state index contributed by atoms with van der Waals surface area (Å²) in [4.78, 5) is 0.0462. The lowest BCUT2D eigenvalue weighted by Gasteiger charge is -2.29. The van der Waals surface area contributed by atoms with E-state index in [2.05, 4.69) is 12.5 Å². The second kappa shape index (κ2) is 11.1. The van der Waals surface area contributed by atoms with Gasteiger partial charge in [-0.25, -0.2) is 8.42 Å². The fourth-order valence-corrected chi connectivity index (χ4v) is 4.29. The van der Waals surface area contributed by atoms with Crippen LogP contribution in [0.25, 0.3) is 0 Å². The van der Waals surface area contributed by atoms with E-state index in [1.807, 2.05) is 44.2 Å². The third-order valence-electron chi connectivity index (χ3n) is 4.03. The molecule has 0 bridgehead atoms. The van der Waals surface area contributed by atoms with Crippen molar-refractivity contribution < 1.29 is 13.5 Å². The van der Waals surface area contributed by atoms with Gasteiger partial charge in [0.25, 0.3) is 0 Å². The summed E-state index contributed by atoms with van der Waals surface area (Å²) in [5, 5.41) is 10.5. The first-order valence-corrected chi connectivity index (χ1v) is 10.4. The third-order valence-corrected chi connectivity index (χ3v) is 5.94. The number of rotatable bonds is 11.